The Kier molecular flexibility index (Phi) is 5.67. The van der Waals surface area contributed by atoms with Gasteiger partial charge in [-0.05, 0) is 20.8 Å². The number of benzene rings is 1. The first-order chi connectivity index (χ1) is 10.0. The largest absolute Gasteiger partial charge is 0.508 e. The fourth-order valence-electron chi connectivity index (χ4n) is 1.66. The molecule has 0 aliphatic rings. The number of aliphatic hydroxyl groups is 2. The number of halogens is 2. The van der Waals surface area contributed by atoms with E-state index in [1.54, 1.807) is 20.8 Å². The Labute approximate surface area is 126 Å². The van der Waals surface area contributed by atoms with Crippen LogP contribution >= 0.6 is 0 Å². The van der Waals surface area contributed by atoms with Crippen molar-refractivity contribution in [2.24, 2.45) is 0 Å². The van der Waals surface area contributed by atoms with Crippen LogP contribution in [0.25, 0.3) is 0 Å². The van der Waals surface area contributed by atoms with E-state index in [4.69, 9.17) is 9.84 Å². The molecule has 0 heterocycles. The van der Waals surface area contributed by atoms with Gasteiger partial charge in [-0.2, -0.15) is 0 Å². The van der Waals surface area contributed by atoms with Crippen molar-refractivity contribution < 1.29 is 33.6 Å². The minimum Gasteiger partial charge on any atom is -0.508 e. The predicted octanol–water partition coefficient (Wildman–Crippen LogP) is 1.59. The summed E-state index contributed by atoms with van der Waals surface area (Å²) in [6.07, 6.45) is -4.43. The highest BCUT2D eigenvalue weighted by atomic mass is 19.1. The van der Waals surface area contributed by atoms with Crippen LogP contribution in [0.5, 0.6) is 5.75 Å². The molecule has 0 aliphatic heterocycles. The number of aromatic hydroxyl groups is 1. The Morgan fingerprint density at radius 2 is 1.77 bits per heavy atom. The van der Waals surface area contributed by atoms with Crippen LogP contribution in [0.4, 0.5) is 13.6 Å². The molecule has 1 aromatic rings. The quantitative estimate of drug-likeness (QED) is 0.675. The molecule has 0 aliphatic carbocycles. The van der Waals surface area contributed by atoms with E-state index in [0.29, 0.717) is 12.1 Å². The first-order valence-corrected chi connectivity index (χ1v) is 6.52. The maximum absolute atomic E-state index is 13.6. The Morgan fingerprint density at radius 1 is 1.27 bits per heavy atom. The van der Waals surface area contributed by atoms with Gasteiger partial charge in [0.1, 0.15) is 35.2 Å². The zero-order chi connectivity index (χ0) is 17.1. The SMILES string of the molecule is CC(C)(C)OC(=O)NCC(O)C(O)c1c(F)cc(O)cc1F. The second kappa shape index (κ2) is 6.89. The van der Waals surface area contributed by atoms with Crippen molar-refractivity contribution in [2.45, 2.75) is 38.6 Å². The number of hydrogen-bond acceptors (Lipinski definition) is 5. The molecule has 2 unspecified atom stereocenters. The van der Waals surface area contributed by atoms with Gasteiger partial charge in [0.15, 0.2) is 0 Å². The number of hydrogen-bond donors (Lipinski definition) is 4. The Morgan fingerprint density at radius 3 is 2.23 bits per heavy atom. The number of amides is 1. The highest BCUT2D eigenvalue weighted by Crippen LogP contribution is 2.27. The topological polar surface area (TPSA) is 99.0 Å². The van der Waals surface area contributed by atoms with Crippen LogP contribution in [0, 0.1) is 11.6 Å². The van der Waals surface area contributed by atoms with Crippen molar-refractivity contribution in [3.63, 3.8) is 0 Å². The van der Waals surface area contributed by atoms with Gasteiger partial charge in [0, 0.05) is 18.7 Å². The minimum absolute atomic E-state index is 0.476. The van der Waals surface area contributed by atoms with Crippen molar-refractivity contribution in [1.29, 1.82) is 0 Å². The first kappa shape index (κ1) is 18.1. The van der Waals surface area contributed by atoms with Crippen LogP contribution < -0.4 is 5.32 Å². The molecule has 124 valence electrons. The highest BCUT2D eigenvalue weighted by molar-refractivity contribution is 5.67. The van der Waals surface area contributed by atoms with E-state index in [1.165, 1.54) is 0 Å². The van der Waals surface area contributed by atoms with Crippen molar-refractivity contribution in [2.75, 3.05) is 6.54 Å². The third-order valence-corrected chi connectivity index (χ3v) is 2.58. The number of ether oxygens (including phenoxy) is 1. The summed E-state index contributed by atoms with van der Waals surface area (Å²) in [6, 6.07) is 1.21. The van der Waals surface area contributed by atoms with E-state index in [1.807, 2.05) is 0 Å². The zero-order valence-electron chi connectivity index (χ0n) is 12.4. The van der Waals surface area contributed by atoms with Crippen LogP contribution in [0.15, 0.2) is 12.1 Å². The number of rotatable bonds is 4. The summed E-state index contributed by atoms with van der Waals surface area (Å²) in [6.45, 7) is 4.44. The number of phenols is 1. The molecule has 6 nitrogen and oxygen atoms in total. The second-order valence-corrected chi connectivity index (χ2v) is 5.72. The number of phenolic OH excluding ortho intramolecular Hbond substituents is 1. The van der Waals surface area contributed by atoms with Gasteiger partial charge in [-0.1, -0.05) is 0 Å². The Hall–Kier alpha value is -1.93. The van der Waals surface area contributed by atoms with Gasteiger partial charge in [0.2, 0.25) is 0 Å². The molecule has 1 aromatic carbocycles. The molecule has 22 heavy (non-hydrogen) atoms. The summed E-state index contributed by atoms with van der Waals surface area (Å²) in [5.74, 6) is -3.06. The third kappa shape index (κ3) is 5.12. The summed E-state index contributed by atoms with van der Waals surface area (Å²) in [5.41, 5.74) is -1.54. The number of aliphatic hydroxyl groups excluding tert-OH is 2. The number of alkyl carbamates (subject to hydrolysis) is 1. The molecule has 4 N–H and O–H groups in total. The molecular formula is C14H19F2NO5. The summed E-state index contributed by atoms with van der Waals surface area (Å²) < 4.78 is 32.0. The van der Waals surface area contributed by atoms with Crippen LogP contribution in [0.1, 0.15) is 32.4 Å². The van der Waals surface area contributed by atoms with Crippen LogP contribution in [0.3, 0.4) is 0 Å². The lowest BCUT2D eigenvalue weighted by Crippen LogP contribution is -2.39. The van der Waals surface area contributed by atoms with Gasteiger partial charge in [-0.15, -0.1) is 0 Å². The minimum atomic E-state index is -1.92. The second-order valence-electron chi connectivity index (χ2n) is 5.72. The molecule has 0 aromatic heterocycles. The fraction of sp³-hybridized carbons (Fsp3) is 0.500. The fourth-order valence-corrected chi connectivity index (χ4v) is 1.66. The normalized spacial score (nSPS) is 14.3. The summed E-state index contributed by atoms with van der Waals surface area (Å²) in [5, 5.41) is 30.7. The maximum atomic E-state index is 13.6. The standard InChI is InChI=1S/C14H19F2NO5/c1-14(2,3)22-13(21)17-6-10(19)12(20)11-8(15)4-7(18)5-9(11)16/h4-5,10,12,18-20H,6H2,1-3H3,(H,17,21). The van der Waals surface area contributed by atoms with Crippen molar-refractivity contribution in [1.82, 2.24) is 5.32 Å². The van der Waals surface area contributed by atoms with Crippen LogP contribution in [-0.4, -0.2) is 39.7 Å². The van der Waals surface area contributed by atoms with Gasteiger partial charge in [0.25, 0.3) is 0 Å². The molecule has 0 saturated carbocycles. The number of carbonyl (C=O) groups excluding carboxylic acids is 1. The van der Waals surface area contributed by atoms with Crippen molar-refractivity contribution >= 4 is 6.09 Å². The van der Waals surface area contributed by atoms with Gasteiger partial charge in [-0.3, -0.25) is 0 Å². The average Bonchev–Trinajstić information content (AvgIpc) is 2.32. The van der Waals surface area contributed by atoms with Crippen LogP contribution in [-0.2, 0) is 4.74 Å². The van der Waals surface area contributed by atoms with Crippen molar-refractivity contribution in [3.8, 4) is 5.75 Å². The molecule has 2 atom stereocenters. The number of nitrogens with one attached hydrogen (secondary N) is 1. The monoisotopic (exact) mass is 319 g/mol. The molecule has 8 heteroatoms. The van der Waals surface area contributed by atoms with Gasteiger partial charge in [-0.25, -0.2) is 13.6 Å². The van der Waals surface area contributed by atoms with Gasteiger partial charge < -0.3 is 25.4 Å². The third-order valence-electron chi connectivity index (χ3n) is 2.58. The van der Waals surface area contributed by atoms with E-state index >= 15 is 0 Å². The lowest BCUT2D eigenvalue weighted by atomic mass is 10.0. The molecular weight excluding hydrogens is 300 g/mol. The van der Waals surface area contributed by atoms with E-state index in [9.17, 15) is 23.8 Å². The molecule has 0 bridgehead atoms. The smallest absolute Gasteiger partial charge is 0.407 e. The number of carbonyl (C=O) groups is 1. The highest BCUT2D eigenvalue weighted by Gasteiger charge is 2.27. The summed E-state index contributed by atoms with van der Waals surface area (Å²) in [4.78, 5) is 11.4. The lowest BCUT2D eigenvalue weighted by molar-refractivity contribution is 0.00949. The van der Waals surface area contributed by atoms with E-state index in [-0.39, 0.29) is 0 Å². The predicted molar refractivity (Wildman–Crippen MR) is 73.2 cm³/mol. The summed E-state index contributed by atoms with van der Waals surface area (Å²) >= 11 is 0. The van der Waals surface area contributed by atoms with Gasteiger partial charge >= 0.3 is 6.09 Å². The van der Waals surface area contributed by atoms with Gasteiger partial charge in [0.05, 0.1) is 5.56 Å². The molecule has 1 amide bonds. The summed E-state index contributed by atoms with van der Waals surface area (Å²) in [7, 11) is 0. The maximum Gasteiger partial charge on any atom is 0.407 e. The average molecular weight is 319 g/mol. The molecule has 0 spiro atoms. The van der Waals surface area contributed by atoms with Crippen LogP contribution in [0.2, 0.25) is 0 Å². The molecule has 0 fully saturated rings. The first-order valence-electron chi connectivity index (χ1n) is 6.52. The van der Waals surface area contributed by atoms with E-state index < -0.39 is 53.4 Å². The molecule has 1 rings (SSSR count). The Balaban J connectivity index is 2.70. The van der Waals surface area contributed by atoms with E-state index in [2.05, 4.69) is 5.32 Å². The molecule has 0 saturated heterocycles. The lowest BCUT2D eigenvalue weighted by Gasteiger charge is -2.22. The van der Waals surface area contributed by atoms with Crippen molar-refractivity contribution in [3.05, 3.63) is 29.3 Å². The Bertz CT molecular complexity index is 522. The zero-order valence-corrected chi connectivity index (χ0v) is 12.4. The molecule has 0 radical (unpaired) electrons. The van der Waals surface area contributed by atoms with E-state index in [0.717, 1.165) is 0 Å².